The van der Waals surface area contributed by atoms with E-state index in [2.05, 4.69) is 100 Å². The minimum Gasteiger partial charge on any atom is -0.317 e. The number of rotatable bonds is 2. The van der Waals surface area contributed by atoms with Gasteiger partial charge >= 0.3 is 0 Å². The molecular weight excluding hydrogens is 320 g/mol. The van der Waals surface area contributed by atoms with Crippen molar-refractivity contribution in [3.63, 3.8) is 0 Å². The predicted molar refractivity (Wildman–Crippen MR) is 106 cm³/mol. The van der Waals surface area contributed by atoms with Crippen molar-refractivity contribution in [3.8, 4) is 5.69 Å². The number of hydrogen-bond donors (Lipinski definition) is 0. The zero-order valence-corrected chi connectivity index (χ0v) is 17.3. The second-order valence-corrected chi connectivity index (χ2v) is 9.35. The van der Waals surface area contributed by atoms with Crippen LogP contribution in [0.3, 0.4) is 0 Å². The van der Waals surface area contributed by atoms with Crippen LogP contribution in [-0.4, -0.2) is 14.5 Å². The minimum absolute atomic E-state index is 0.0861. The van der Waals surface area contributed by atoms with Gasteiger partial charge in [-0.3, -0.25) is 4.57 Å². The molecule has 0 bridgehead atoms. The Labute approximate surface area is 156 Å². The van der Waals surface area contributed by atoms with E-state index < -0.39 is 0 Å². The van der Waals surface area contributed by atoms with Gasteiger partial charge in [0.15, 0.2) is 5.65 Å². The van der Waals surface area contributed by atoms with Gasteiger partial charge in [0.05, 0.1) is 17.2 Å². The lowest BCUT2D eigenvalue weighted by molar-refractivity contribution is -0.573. The van der Waals surface area contributed by atoms with Crippen molar-refractivity contribution in [1.29, 1.82) is 0 Å². The maximum atomic E-state index is 4.88. The van der Waals surface area contributed by atoms with Gasteiger partial charge in [-0.2, -0.15) is 0 Å². The van der Waals surface area contributed by atoms with E-state index in [-0.39, 0.29) is 16.9 Å². The van der Waals surface area contributed by atoms with Crippen molar-refractivity contribution < 1.29 is 4.57 Å². The van der Waals surface area contributed by atoms with Crippen LogP contribution in [-0.2, 0) is 10.8 Å². The molecule has 0 radical (unpaired) electrons. The van der Waals surface area contributed by atoms with Gasteiger partial charge in [0, 0.05) is 11.6 Å². The maximum absolute atomic E-state index is 4.88. The summed E-state index contributed by atoms with van der Waals surface area (Å²) in [4.78, 5) is 9.53. The van der Waals surface area contributed by atoms with Crippen LogP contribution in [0.2, 0.25) is 0 Å². The first kappa shape index (κ1) is 18.6. The summed E-state index contributed by atoms with van der Waals surface area (Å²) in [7, 11) is 0. The van der Waals surface area contributed by atoms with Crippen LogP contribution in [0.5, 0.6) is 0 Å². The van der Waals surface area contributed by atoms with E-state index in [1.54, 1.807) is 0 Å². The van der Waals surface area contributed by atoms with Gasteiger partial charge in [-0.15, -0.1) is 0 Å². The zero-order chi connectivity index (χ0) is 19.3. The number of fused-ring (bicyclic) bond motifs is 1. The highest BCUT2D eigenvalue weighted by Crippen LogP contribution is 2.25. The van der Waals surface area contributed by atoms with E-state index in [9.17, 15) is 0 Å². The lowest BCUT2D eigenvalue weighted by atomic mass is 9.87. The quantitative estimate of drug-likeness (QED) is 0.497. The lowest BCUT2D eigenvalue weighted by Gasteiger charge is -2.20. The minimum atomic E-state index is -0.0861. The summed E-state index contributed by atoms with van der Waals surface area (Å²) < 4.78 is 4.19. The molecule has 0 fully saturated rings. The molecule has 0 saturated carbocycles. The van der Waals surface area contributed by atoms with E-state index in [4.69, 9.17) is 4.98 Å². The predicted octanol–water partition coefficient (Wildman–Crippen LogP) is 4.68. The Morgan fingerprint density at radius 2 is 1.73 bits per heavy atom. The first-order valence-electron chi connectivity index (χ1n) is 9.32. The molecule has 4 heteroatoms. The summed E-state index contributed by atoms with van der Waals surface area (Å²) in [6.07, 6.45) is 5.43. The molecule has 0 amide bonds. The Hall–Kier alpha value is -2.23. The topological polar surface area (TPSA) is 34.6 Å². The SMILES string of the molecule is CC(C)n1[c-][n+](-c2cccc(C(C)(C)C)c2)c2cnc(C(C)(C)C)nc21. The fourth-order valence-electron chi connectivity index (χ4n) is 2.94. The van der Waals surface area contributed by atoms with Crippen molar-refractivity contribution >= 4 is 11.2 Å². The van der Waals surface area contributed by atoms with E-state index >= 15 is 0 Å². The monoisotopic (exact) mass is 350 g/mol. The lowest BCUT2D eigenvalue weighted by Crippen LogP contribution is -2.30. The molecule has 0 aliphatic rings. The fourth-order valence-corrected chi connectivity index (χ4v) is 2.94. The molecule has 3 aromatic rings. The highest BCUT2D eigenvalue weighted by molar-refractivity contribution is 5.66. The maximum Gasteiger partial charge on any atom is 0.245 e. The first-order chi connectivity index (χ1) is 12.0. The van der Waals surface area contributed by atoms with E-state index in [0.717, 1.165) is 22.7 Å². The van der Waals surface area contributed by atoms with Crippen LogP contribution in [0.4, 0.5) is 0 Å². The number of nitrogens with zero attached hydrogens (tertiary/aromatic N) is 4. The molecule has 2 aromatic heterocycles. The second-order valence-electron chi connectivity index (χ2n) is 9.35. The van der Waals surface area contributed by atoms with Gasteiger partial charge in [0.25, 0.3) is 0 Å². The summed E-state index contributed by atoms with van der Waals surface area (Å²) in [5.41, 5.74) is 4.32. The molecule has 0 N–H and O–H groups in total. The smallest absolute Gasteiger partial charge is 0.245 e. The Morgan fingerprint density at radius 1 is 1.04 bits per heavy atom. The molecule has 0 aliphatic heterocycles. The molecule has 4 nitrogen and oxygen atoms in total. The molecule has 3 rings (SSSR count). The third kappa shape index (κ3) is 3.37. The molecule has 0 spiro atoms. The summed E-state index contributed by atoms with van der Waals surface area (Å²) in [5, 5.41) is 0. The normalized spacial score (nSPS) is 13.0. The van der Waals surface area contributed by atoms with Gasteiger partial charge in [0.2, 0.25) is 6.33 Å². The standard InChI is InChI=1S/C22H30N4/c1-15(2)25-14-26(17-11-9-10-16(12-17)21(3,4)5)18-13-23-20(22(6,7)8)24-19(18)25/h9-13,15H,1-8H3. The number of benzene rings is 1. The Balaban J connectivity index is 2.25. The third-order valence-electron chi connectivity index (χ3n) is 4.58. The number of aromatic nitrogens is 4. The average molecular weight is 351 g/mol. The van der Waals surface area contributed by atoms with Crippen molar-refractivity contribution in [2.24, 2.45) is 0 Å². The third-order valence-corrected chi connectivity index (χ3v) is 4.58. The zero-order valence-electron chi connectivity index (χ0n) is 17.3. The molecule has 138 valence electrons. The van der Waals surface area contributed by atoms with Crippen LogP contribution >= 0.6 is 0 Å². The second kappa shape index (κ2) is 6.19. The highest BCUT2D eigenvalue weighted by atomic mass is 15.2. The van der Waals surface area contributed by atoms with Gasteiger partial charge < -0.3 is 4.57 Å². The Morgan fingerprint density at radius 3 is 2.31 bits per heavy atom. The van der Waals surface area contributed by atoms with Gasteiger partial charge in [0.1, 0.15) is 5.82 Å². The summed E-state index contributed by atoms with van der Waals surface area (Å²) in [6, 6.07) is 8.91. The van der Waals surface area contributed by atoms with Crippen molar-refractivity contribution in [1.82, 2.24) is 14.5 Å². The van der Waals surface area contributed by atoms with E-state index in [1.165, 1.54) is 5.56 Å². The average Bonchev–Trinajstić information content (AvgIpc) is 2.92. The van der Waals surface area contributed by atoms with Crippen molar-refractivity contribution in [2.75, 3.05) is 0 Å². The van der Waals surface area contributed by atoms with Gasteiger partial charge in [-0.1, -0.05) is 65.8 Å². The summed E-state index contributed by atoms with van der Waals surface area (Å²) in [5.74, 6) is 0.856. The van der Waals surface area contributed by atoms with Crippen molar-refractivity contribution in [3.05, 3.63) is 48.2 Å². The van der Waals surface area contributed by atoms with Crippen LogP contribution in [0.25, 0.3) is 16.9 Å². The first-order valence-corrected chi connectivity index (χ1v) is 9.32. The largest absolute Gasteiger partial charge is 0.317 e. The van der Waals surface area contributed by atoms with Crippen LogP contribution in [0, 0.1) is 6.33 Å². The van der Waals surface area contributed by atoms with Crippen molar-refractivity contribution in [2.45, 2.75) is 72.3 Å². The molecule has 26 heavy (non-hydrogen) atoms. The molecule has 0 unspecified atom stereocenters. The van der Waals surface area contributed by atoms with E-state index in [0.29, 0.717) is 0 Å². The van der Waals surface area contributed by atoms with Crippen LogP contribution in [0.15, 0.2) is 30.5 Å². The van der Waals surface area contributed by atoms with Crippen LogP contribution in [0.1, 0.15) is 72.8 Å². The molecule has 0 aliphatic carbocycles. The van der Waals surface area contributed by atoms with E-state index in [1.807, 2.05) is 6.20 Å². The summed E-state index contributed by atoms with van der Waals surface area (Å²) >= 11 is 0. The van der Waals surface area contributed by atoms with Gasteiger partial charge in [-0.25, -0.2) is 9.97 Å². The number of hydrogen-bond acceptors (Lipinski definition) is 2. The molecule has 2 heterocycles. The molecular formula is C22H30N4. The fraction of sp³-hybridized carbons (Fsp3) is 0.500. The molecule has 0 atom stereocenters. The van der Waals surface area contributed by atoms with Crippen LogP contribution < -0.4 is 4.57 Å². The van der Waals surface area contributed by atoms with Gasteiger partial charge in [-0.05, 0) is 24.8 Å². The highest BCUT2D eigenvalue weighted by Gasteiger charge is 2.21. The molecule has 0 saturated heterocycles. The molecule has 1 aromatic carbocycles. The Bertz CT molecular complexity index is 937. The number of imidazole rings is 1. The summed E-state index contributed by atoms with van der Waals surface area (Å²) in [6.45, 7) is 17.4. The Kier molecular flexibility index (Phi) is 4.41.